The quantitative estimate of drug-likeness (QED) is 0.828. The lowest BCUT2D eigenvalue weighted by Crippen LogP contribution is -2.31. The van der Waals surface area contributed by atoms with Crippen LogP contribution in [0.1, 0.15) is 25.8 Å². The van der Waals surface area contributed by atoms with Crippen LogP contribution in [0.5, 0.6) is 5.75 Å². The fourth-order valence-corrected chi connectivity index (χ4v) is 1.93. The number of carbonyl (C=O) groups is 1. The Hall–Kier alpha value is -2.22. The lowest BCUT2D eigenvalue weighted by atomic mass is 10.2. The number of amides is 1. The summed E-state index contributed by atoms with van der Waals surface area (Å²) in [6.45, 7) is 5.86. The van der Waals surface area contributed by atoms with Crippen LogP contribution in [0.15, 0.2) is 18.2 Å². The Balaban J connectivity index is 2.61. The highest BCUT2D eigenvalue weighted by Crippen LogP contribution is 2.21. The molecule has 5 heteroatoms. The Kier molecular flexibility index (Phi) is 6.38. The number of nitrogens with zero attached hydrogens (tertiary/aromatic N) is 2. The van der Waals surface area contributed by atoms with Gasteiger partial charge in [-0.05, 0) is 26.0 Å². The zero-order chi connectivity index (χ0) is 15.0. The first kappa shape index (κ1) is 15.8. The SMILES string of the molecule is CCN(CC)C(=O)CCNc1cc(OC)ccc1C#N. The van der Waals surface area contributed by atoms with Gasteiger partial charge in [-0.1, -0.05) is 0 Å². The van der Waals surface area contributed by atoms with E-state index >= 15 is 0 Å². The fourth-order valence-electron chi connectivity index (χ4n) is 1.93. The lowest BCUT2D eigenvalue weighted by Gasteiger charge is -2.19. The minimum atomic E-state index is 0.115. The van der Waals surface area contributed by atoms with Crippen molar-refractivity contribution in [1.29, 1.82) is 5.26 Å². The van der Waals surface area contributed by atoms with E-state index < -0.39 is 0 Å². The highest BCUT2D eigenvalue weighted by Gasteiger charge is 2.09. The summed E-state index contributed by atoms with van der Waals surface area (Å²) in [5.41, 5.74) is 1.24. The molecule has 0 saturated heterocycles. The van der Waals surface area contributed by atoms with Crippen molar-refractivity contribution < 1.29 is 9.53 Å². The van der Waals surface area contributed by atoms with E-state index in [0.717, 1.165) is 13.1 Å². The number of anilines is 1. The zero-order valence-electron chi connectivity index (χ0n) is 12.3. The van der Waals surface area contributed by atoms with E-state index in [-0.39, 0.29) is 5.91 Å². The summed E-state index contributed by atoms with van der Waals surface area (Å²) < 4.78 is 5.13. The molecule has 0 aliphatic carbocycles. The van der Waals surface area contributed by atoms with Crippen molar-refractivity contribution in [2.24, 2.45) is 0 Å². The summed E-state index contributed by atoms with van der Waals surface area (Å²) in [6, 6.07) is 7.32. The molecule has 20 heavy (non-hydrogen) atoms. The van der Waals surface area contributed by atoms with Gasteiger partial charge < -0.3 is 15.0 Å². The van der Waals surface area contributed by atoms with Crippen molar-refractivity contribution in [3.05, 3.63) is 23.8 Å². The van der Waals surface area contributed by atoms with Gasteiger partial charge in [0.1, 0.15) is 11.8 Å². The third-order valence-electron chi connectivity index (χ3n) is 3.12. The third-order valence-corrected chi connectivity index (χ3v) is 3.12. The monoisotopic (exact) mass is 275 g/mol. The van der Waals surface area contributed by atoms with Crippen LogP contribution in [0.3, 0.4) is 0 Å². The van der Waals surface area contributed by atoms with Crippen molar-refractivity contribution in [2.75, 3.05) is 32.1 Å². The van der Waals surface area contributed by atoms with Gasteiger partial charge in [0.15, 0.2) is 0 Å². The Morgan fingerprint density at radius 3 is 2.65 bits per heavy atom. The van der Waals surface area contributed by atoms with Crippen LogP contribution in [0.2, 0.25) is 0 Å². The van der Waals surface area contributed by atoms with Gasteiger partial charge in [-0.3, -0.25) is 4.79 Å². The standard InChI is InChI=1S/C15H21N3O2/c1-4-18(5-2)15(19)8-9-17-14-10-13(20-3)7-6-12(14)11-16/h6-7,10,17H,4-5,8-9H2,1-3H3. The number of carbonyl (C=O) groups excluding carboxylic acids is 1. The van der Waals surface area contributed by atoms with E-state index in [9.17, 15) is 4.79 Å². The topological polar surface area (TPSA) is 65.4 Å². The van der Waals surface area contributed by atoms with Crippen molar-refractivity contribution in [3.8, 4) is 11.8 Å². The summed E-state index contributed by atoms with van der Waals surface area (Å²) in [7, 11) is 1.58. The van der Waals surface area contributed by atoms with E-state index in [2.05, 4.69) is 11.4 Å². The van der Waals surface area contributed by atoms with Crippen molar-refractivity contribution in [3.63, 3.8) is 0 Å². The molecule has 0 unspecified atom stereocenters. The molecule has 1 aromatic rings. The van der Waals surface area contributed by atoms with E-state index in [1.165, 1.54) is 0 Å². The average Bonchev–Trinajstić information content (AvgIpc) is 2.48. The third kappa shape index (κ3) is 4.16. The van der Waals surface area contributed by atoms with Crippen LogP contribution in [0.25, 0.3) is 0 Å². The summed E-state index contributed by atoms with van der Waals surface area (Å²) in [6.07, 6.45) is 0.407. The Labute approximate surface area is 120 Å². The van der Waals surface area contributed by atoms with Crippen molar-refractivity contribution in [2.45, 2.75) is 20.3 Å². The highest BCUT2D eigenvalue weighted by atomic mass is 16.5. The second-order valence-corrected chi connectivity index (χ2v) is 4.27. The van der Waals surface area contributed by atoms with Crippen LogP contribution in [0, 0.1) is 11.3 Å². The number of nitrogens with one attached hydrogen (secondary N) is 1. The minimum absolute atomic E-state index is 0.115. The number of methoxy groups -OCH3 is 1. The average molecular weight is 275 g/mol. The second kappa shape index (κ2) is 8.05. The number of hydrogen-bond donors (Lipinski definition) is 1. The van der Waals surface area contributed by atoms with Gasteiger partial charge in [-0.2, -0.15) is 5.26 Å². The molecule has 1 aromatic carbocycles. The number of rotatable bonds is 7. The molecule has 0 atom stereocenters. The summed E-state index contributed by atoms with van der Waals surface area (Å²) >= 11 is 0. The predicted octanol–water partition coefficient (Wildman–Crippen LogP) is 2.24. The molecule has 0 saturated carbocycles. The Morgan fingerprint density at radius 1 is 1.40 bits per heavy atom. The largest absolute Gasteiger partial charge is 0.497 e. The Bertz CT molecular complexity index is 490. The van der Waals surface area contributed by atoms with Gasteiger partial charge in [-0.25, -0.2) is 0 Å². The molecule has 0 heterocycles. The molecular formula is C15H21N3O2. The zero-order valence-corrected chi connectivity index (χ0v) is 12.3. The van der Waals surface area contributed by atoms with E-state index in [4.69, 9.17) is 10.00 Å². The normalized spacial score (nSPS) is 9.70. The molecule has 1 N–H and O–H groups in total. The first-order valence-corrected chi connectivity index (χ1v) is 6.76. The maximum atomic E-state index is 11.9. The molecule has 0 spiro atoms. The van der Waals surface area contributed by atoms with Crippen molar-refractivity contribution >= 4 is 11.6 Å². The summed E-state index contributed by atoms with van der Waals surface area (Å²) in [5, 5.41) is 12.2. The van der Waals surface area contributed by atoms with Crippen LogP contribution in [-0.2, 0) is 4.79 Å². The van der Waals surface area contributed by atoms with Crippen LogP contribution < -0.4 is 10.1 Å². The second-order valence-electron chi connectivity index (χ2n) is 4.27. The Morgan fingerprint density at radius 2 is 2.10 bits per heavy atom. The molecule has 5 nitrogen and oxygen atoms in total. The first-order chi connectivity index (χ1) is 9.65. The van der Waals surface area contributed by atoms with Gasteiger partial charge in [-0.15, -0.1) is 0 Å². The molecule has 1 rings (SSSR count). The molecular weight excluding hydrogens is 254 g/mol. The smallest absolute Gasteiger partial charge is 0.224 e. The number of ether oxygens (including phenoxy) is 1. The number of nitriles is 1. The summed E-state index contributed by atoms with van der Waals surface area (Å²) in [5.74, 6) is 0.797. The molecule has 108 valence electrons. The molecule has 0 aromatic heterocycles. The molecule has 0 bridgehead atoms. The van der Waals surface area contributed by atoms with Gasteiger partial charge >= 0.3 is 0 Å². The molecule has 0 aliphatic rings. The highest BCUT2D eigenvalue weighted by molar-refractivity contribution is 5.76. The van der Waals surface area contributed by atoms with E-state index in [0.29, 0.717) is 30.0 Å². The van der Waals surface area contributed by atoms with Crippen molar-refractivity contribution in [1.82, 2.24) is 4.90 Å². The van der Waals surface area contributed by atoms with Gasteiger partial charge in [0.05, 0.1) is 18.4 Å². The summed E-state index contributed by atoms with van der Waals surface area (Å²) in [4.78, 5) is 13.7. The van der Waals surface area contributed by atoms with Crippen LogP contribution in [-0.4, -0.2) is 37.6 Å². The maximum absolute atomic E-state index is 11.9. The van der Waals surface area contributed by atoms with Gasteiger partial charge in [0.2, 0.25) is 5.91 Å². The molecule has 0 fully saturated rings. The minimum Gasteiger partial charge on any atom is -0.497 e. The van der Waals surface area contributed by atoms with E-state index in [1.807, 2.05) is 13.8 Å². The van der Waals surface area contributed by atoms with Gasteiger partial charge in [0.25, 0.3) is 0 Å². The van der Waals surface area contributed by atoms with Crippen LogP contribution >= 0.6 is 0 Å². The predicted molar refractivity (Wildman–Crippen MR) is 78.7 cm³/mol. The maximum Gasteiger partial charge on any atom is 0.224 e. The number of benzene rings is 1. The fraction of sp³-hybridized carbons (Fsp3) is 0.467. The number of hydrogen-bond acceptors (Lipinski definition) is 4. The lowest BCUT2D eigenvalue weighted by molar-refractivity contribution is -0.130. The molecule has 0 radical (unpaired) electrons. The van der Waals surface area contributed by atoms with E-state index in [1.54, 1.807) is 30.2 Å². The molecule has 0 aliphatic heterocycles. The van der Waals surface area contributed by atoms with Crippen LogP contribution in [0.4, 0.5) is 5.69 Å². The molecule has 1 amide bonds. The van der Waals surface area contributed by atoms with Gasteiger partial charge in [0, 0.05) is 32.1 Å². The first-order valence-electron chi connectivity index (χ1n) is 6.76.